The van der Waals surface area contributed by atoms with E-state index in [1.807, 2.05) is 30.3 Å². The lowest BCUT2D eigenvalue weighted by molar-refractivity contribution is -0.151. The number of aliphatic carboxylic acids is 1. The maximum atomic E-state index is 11.2. The van der Waals surface area contributed by atoms with Crippen LogP contribution in [0.5, 0.6) is 0 Å². The number of nitrogens with zero attached hydrogens (tertiary/aromatic N) is 1. The Morgan fingerprint density at radius 1 is 1.41 bits per heavy atom. The van der Waals surface area contributed by atoms with Crippen LogP contribution in [0.2, 0.25) is 0 Å². The number of thioether (sulfide) groups is 1. The van der Waals surface area contributed by atoms with Crippen molar-refractivity contribution in [3.63, 3.8) is 0 Å². The van der Waals surface area contributed by atoms with Gasteiger partial charge in [-0.3, -0.25) is 9.59 Å². The summed E-state index contributed by atoms with van der Waals surface area (Å²) in [5.41, 5.74) is 1.19. The number of hydrogen-bond donors (Lipinski definition) is 1. The molecule has 0 bridgehead atoms. The molecule has 1 aliphatic rings. The van der Waals surface area contributed by atoms with Crippen molar-refractivity contribution < 1.29 is 14.7 Å². The first-order chi connectivity index (χ1) is 8.16. The van der Waals surface area contributed by atoms with Crippen molar-refractivity contribution in [3.8, 4) is 0 Å². The Morgan fingerprint density at radius 3 is 2.71 bits per heavy atom. The minimum Gasteiger partial charge on any atom is -0.480 e. The number of amides is 1. The first-order valence-corrected chi connectivity index (χ1v) is 6.38. The number of β-lactam (4-membered cyclic amide) rings is 1. The minimum absolute atomic E-state index is 0.0128. The Bertz CT molecular complexity index is 421. The third-order valence-corrected chi connectivity index (χ3v) is 3.91. The van der Waals surface area contributed by atoms with E-state index >= 15 is 0 Å². The number of benzene rings is 1. The third kappa shape index (κ3) is 3.00. The van der Waals surface area contributed by atoms with Gasteiger partial charge in [-0.2, -0.15) is 0 Å². The highest BCUT2D eigenvalue weighted by Crippen LogP contribution is 2.31. The summed E-state index contributed by atoms with van der Waals surface area (Å²) in [6.07, 6.45) is 0.449. The zero-order valence-corrected chi connectivity index (χ0v) is 10.0. The van der Waals surface area contributed by atoms with Crippen LogP contribution >= 0.6 is 11.8 Å². The molecule has 1 heterocycles. The van der Waals surface area contributed by atoms with Crippen molar-refractivity contribution in [2.45, 2.75) is 17.5 Å². The van der Waals surface area contributed by atoms with Crippen molar-refractivity contribution in [1.82, 2.24) is 4.90 Å². The van der Waals surface area contributed by atoms with Crippen molar-refractivity contribution in [1.29, 1.82) is 0 Å². The second-order valence-electron chi connectivity index (χ2n) is 3.87. The summed E-state index contributed by atoms with van der Waals surface area (Å²) in [7, 11) is 0. The Balaban J connectivity index is 1.84. The molecule has 1 aromatic carbocycles. The van der Waals surface area contributed by atoms with Crippen molar-refractivity contribution >= 4 is 23.6 Å². The Kier molecular flexibility index (Phi) is 3.68. The van der Waals surface area contributed by atoms with Gasteiger partial charge in [0.1, 0.15) is 6.54 Å². The molecule has 1 fully saturated rings. The molecule has 1 N–H and O–H groups in total. The lowest BCUT2D eigenvalue weighted by atomic mass is 10.2. The molecule has 0 aromatic heterocycles. The van der Waals surface area contributed by atoms with Crippen LogP contribution < -0.4 is 0 Å². The van der Waals surface area contributed by atoms with E-state index in [0.29, 0.717) is 6.42 Å². The number of carboxylic acids is 1. The molecule has 0 aliphatic carbocycles. The fraction of sp³-hybridized carbons (Fsp3) is 0.333. The Labute approximate surface area is 104 Å². The molecule has 1 aliphatic heterocycles. The van der Waals surface area contributed by atoms with Crippen LogP contribution in [0.4, 0.5) is 0 Å². The highest BCUT2D eigenvalue weighted by molar-refractivity contribution is 7.99. The van der Waals surface area contributed by atoms with Gasteiger partial charge in [0.05, 0.1) is 11.8 Å². The maximum absolute atomic E-state index is 11.2. The quantitative estimate of drug-likeness (QED) is 0.807. The van der Waals surface area contributed by atoms with Crippen LogP contribution in [0.1, 0.15) is 12.0 Å². The molecule has 17 heavy (non-hydrogen) atoms. The van der Waals surface area contributed by atoms with Gasteiger partial charge in [-0.15, -0.1) is 11.8 Å². The molecule has 1 amide bonds. The van der Waals surface area contributed by atoms with Gasteiger partial charge >= 0.3 is 5.97 Å². The number of hydrogen-bond acceptors (Lipinski definition) is 3. The average Bonchev–Trinajstić information content (AvgIpc) is 2.33. The smallest absolute Gasteiger partial charge is 0.323 e. The highest BCUT2D eigenvalue weighted by atomic mass is 32.2. The predicted molar refractivity (Wildman–Crippen MR) is 65.5 cm³/mol. The van der Waals surface area contributed by atoms with Crippen LogP contribution in [0.3, 0.4) is 0 Å². The van der Waals surface area contributed by atoms with Crippen molar-refractivity contribution in [2.75, 3.05) is 6.54 Å². The molecular formula is C12H13NO3S. The molecule has 2 rings (SSSR count). The monoisotopic (exact) mass is 251 g/mol. The second kappa shape index (κ2) is 5.23. The van der Waals surface area contributed by atoms with E-state index in [0.717, 1.165) is 5.75 Å². The first-order valence-electron chi connectivity index (χ1n) is 5.33. The predicted octanol–water partition coefficient (Wildman–Crippen LogP) is 1.56. The van der Waals surface area contributed by atoms with Crippen molar-refractivity contribution in [2.24, 2.45) is 0 Å². The number of rotatable bonds is 5. The molecule has 0 saturated carbocycles. The molecular weight excluding hydrogens is 238 g/mol. The second-order valence-corrected chi connectivity index (χ2v) is 5.04. The van der Waals surface area contributed by atoms with Crippen LogP contribution in [0.15, 0.2) is 30.3 Å². The van der Waals surface area contributed by atoms with E-state index in [2.05, 4.69) is 0 Å². The maximum Gasteiger partial charge on any atom is 0.323 e. The number of carbonyl (C=O) groups is 2. The third-order valence-electron chi connectivity index (χ3n) is 2.61. The molecule has 90 valence electrons. The zero-order valence-electron chi connectivity index (χ0n) is 9.20. The summed E-state index contributed by atoms with van der Waals surface area (Å²) in [5, 5.41) is 8.68. The molecule has 1 atom stereocenters. The molecule has 1 saturated heterocycles. The first kappa shape index (κ1) is 12.0. The standard InChI is InChI=1S/C12H13NO3S/c14-10-6-11(13(10)7-12(15)16)17-8-9-4-2-1-3-5-9/h1-5,11H,6-8H2,(H,15,16)/t11-/m1/s1. The van der Waals surface area contributed by atoms with Gasteiger partial charge in [0.2, 0.25) is 5.91 Å². The summed E-state index contributed by atoms with van der Waals surface area (Å²) in [6.45, 7) is -0.189. The Morgan fingerprint density at radius 2 is 2.12 bits per heavy atom. The molecule has 1 aromatic rings. The lowest BCUT2D eigenvalue weighted by Crippen LogP contribution is -2.52. The van der Waals surface area contributed by atoms with E-state index in [4.69, 9.17) is 5.11 Å². The summed E-state index contributed by atoms with van der Waals surface area (Å²) in [4.78, 5) is 23.2. The highest BCUT2D eigenvalue weighted by Gasteiger charge is 2.37. The molecule has 0 radical (unpaired) electrons. The van der Waals surface area contributed by atoms with E-state index in [-0.39, 0.29) is 17.8 Å². The van der Waals surface area contributed by atoms with Crippen LogP contribution in [0.25, 0.3) is 0 Å². The number of carbonyl (C=O) groups excluding carboxylic acids is 1. The minimum atomic E-state index is -0.955. The van der Waals surface area contributed by atoms with Gasteiger partial charge < -0.3 is 10.0 Å². The fourth-order valence-electron chi connectivity index (χ4n) is 1.68. The van der Waals surface area contributed by atoms with Gasteiger partial charge in [0.15, 0.2) is 0 Å². The van der Waals surface area contributed by atoms with Crippen LogP contribution in [-0.2, 0) is 15.3 Å². The van der Waals surface area contributed by atoms with Crippen LogP contribution in [0, 0.1) is 0 Å². The zero-order chi connectivity index (χ0) is 12.3. The molecule has 5 heteroatoms. The summed E-state index contributed by atoms with van der Waals surface area (Å²) in [6, 6.07) is 9.94. The van der Waals surface area contributed by atoms with Crippen molar-refractivity contribution in [3.05, 3.63) is 35.9 Å². The normalized spacial score (nSPS) is 18.9. The summed E-state index contributed by atoms with van der Waals surface area (Å²) >= 11 is 1.61. The molecule has 0 spiro atoms. The largest absolute Gasteiger partial charge is 0.480 e. The van der Waals surface area contributed by atoms with Gasteiger partial charge in [0, 0.05) is 5.75 Å². The van der Waals surface area contributed by atoms with Gasteiger partial charge in [-0.05, 0) is 5.56 Å². The van der Waals surface area contributed by atoms with Gasteiger partial charge in [-0.1, -0.05) is 30.3 Å². The number of carboxylic acid groups (broad SMARTS) is 1. The molecule has 4 nitrogen and oxygen atoms in total. The molecule has 0 unspecified atom stereocenters. The summed E-state index contributed by atoms with van der Waals surface area (Å²) < 4.78 is 0. The summed E-state index contributed by atoms with van der Waals surface area (Å²) in [5.74, 6) is -0.226. The SMILES string of the molecule is O=C(O)CN1C(=O)C[C@H]1SCc1ccccc1. The van der Waals surface area contributed by atoms with Crippen LogP contribution in [-0.4, -0.2) is 33.8 Å². The van der Waals surface area contributed by atoms with E-state index in [9.17, 15) is 9.59 Å². The topological polar surface area (TPSA) is 57.6 Å². The van der Waals surface area contributed by atoms with E-state index in [1.165, 1.54) is 10.5 Å². The Hall–Kier alpha value is -1.49. The van der Waals surface area contributed by atoms with Gasteiger partial charge in [0.25, 0.3) is 0 Å². The lowest BCUT2D eigenvalue weighted by Gasteiger charge is -2.38. The number of likely N-dealkylation sites (tertiary alicyclic amines) is 1. The fourth-order valence-corrected chi connectivity index (χ4v) is 2.89. The average molecular weight is 251 g/mol. The van der Waals surface area contributed by atoms with E-state index in [1.54, 1.807) is 11.8 Å². The van der Waals surface area contributed by atoms with E-state index < -0.39 is 5.97 Å². The van der Waals surface area contributed by atoms with Gasteiger partial charge in [-0.25, -0.2) is 0 Å².